The summed E-state index contributed by atoms with van der Waals surface area (Å²) in [6.45, 7) is 3.82. The number of aromatic nitrogens is 2. The number of H-pyrrole nitrogens is 1. The van der Waals surface area contributed by atoms with Gasteiger partial charge in [-0.1, -0.05) is 30.3 Å². The number of hydrogen-bond acceptors (Lipinski definition) is 4. The van der Waals surface area contributed by atoms with Gasteiger partial charge in [-0.05, 0) is 43.2 Å². The molecule has 3 aromatic rings. The third kappa shape index (κ3) is 3.63. The average molecular weight is 391 g/mol. The minimum atomic E-state index is -0.170. The van der Waals surface area contributed by atoms with E-state index in [0.29, 0.717) is 25.5 Å². The Hall–Kier alpha value is -3.12. The first kappa shape index (κ1) is 19.2. The van der Waals surface area contributed by atoms with Crippen molar-refractivity contribution in [1.82, 2.24) is 15.1 Å². The van der Waals surface area contributed by atoms with Crippen LogP contribution in [0.3, 0.4) is 0 Å². The Morgan fingerprint density at radius 2 is 1.86 bits per heavy atom. The zero-order valence-electron chi connectivity index (χ0n) is 16.7. The van der Waals surface area contributed by atoms with Gasteiger partial charge in [0.1, 0.15) is 11.4 Å². The maximum absolute atomic E-state index is 13.2. The molecule has 0 saturated heterocycles. The Balaban J connectivity index is 1.75. The molecule has 0 spiro atoms. The molecule has 2 aromatic carbocycles. The summed E-state index contributed by atoms with van der Waals surface area (Å²) in [4.78, 5) is 15.1. The number of rotatable bonds is 8. The maximum Gasteiger partial charge on any atom is 0.273 e. The van der Waals surface area contributed by atoms with E-state index >= 15 is 0 Å². The number of hydrogen-bond donors (Lipinski definition) is 1. The van der Waals surface area contributed by atoms with Gasteiger partial charge < -0.3 is 14.4 Å². The topological polar surface area (TPSA) is 67.4 Å². The second-order valence-electron chi connectivity index (χ2n) is 6.98. The number of carbonyl (C=O) groups excluding carboxylic acids is 1. The number of nitrogens with zero attached hydrogens (tertiary/aromatic N) is 2. The van der Waals surface area contributed by atoms with E-state index in [1.165, 1.54) is 0 Å². The molecule has 4 rings (SSSR count). The third-order valence-electron chi connectivity index (χ3n) is 5.17. The number of amides is 1. The quantitative estimate of drug-likeness (QED) is 0.588. The number of methoxy groups -OCH3 is 1. The molecule has 150 valence electrons. The summed E-state index contributed by atoms with van der Waals surface area (Å²) in [5, 5.41) is 7.49. The van der Waals surface area contributed by atoms with Crippen molar-refractivity contribution in [1.29, 1.82) is 0 Å². The smallest absolute Gasteiger partial charge is 0.273 e. The van der Waals surface area contributed by atoms with Gasteiger partial charge in [0.2, 0.25) is 0 Å². The second kappa shape index (κ2) is 8.49. The molecule has 2 heterocycles. The fourth-order valence-electron chi connectivity index (χ4n) is 3.88. The van der Waals surface area contributed by atoms with Crippen LogP contribution in [-0.2, 0) is 4.74 Å². The summed E-state index contributed by atoms with van der Waals surface area (Å²) in [5.41, 5.74) is 4.34. The largest absolute Gasteiger partial charge is 0.494 e. The second-order valence-corrected chi connectivity index (χ2v) is 6.98. The summed E-state index contributed by atoms with van der Waals surface area (Å²) in [5.74, 6) is 0.801. The summed E-state index contributed by atoms with van der Waals surface area (Å²) >= 11 is 0. The number of ether oxygens (including phenoxy) is 2. The van der Waals surface area contributed by atoms with E-state index in [-0.39, 0.29) is 11.9 Å². The van der Waals surface area contributed by atoms with Crippen molar-refractivity contribution in [2.24, 2.45) is 0 Å². The van der Waals surface area contributed by atoms with Crippen molar-refractivity contribution in [3.05, 3.63) is 71.4 Å². The lowest BCUT2D eigenvalue weighted by Gasteiger charge is -2.26. The Morgan fingerprint density at radius 3 is 2.55 bits per heavy atom. The summed E-state index contributed by atoms with van der Waals surface area (Å²) < 4.78 is 10.7. The molecule has 1 aromatic heterocycles. The molecule has 0 saturated carbocycles. The molecule has 6 heteroatoms. The molecule has 1 aliphatic heterocycles. The highest BCUT2D eigenvalue weighted by molar-refractivity contribution is 6.00. The summed E-state index contributed by atoms with van der Waals surface area (Å²) in [6, 6.07) is 17.8. The highest BCUT2D eigenvalue weighted by Gasteiger charge is 2.41. The first-order valence-electron chi connectivity index (χ1n) is 9.91. The van der Waals surface area contributed by atoms with Crippen molar-refractivity contribution in [2.45, 2.75) is 19.4 Å². The SMILES string of the molecule is CCOc1ccc(-c2n[nH]c3c2C(c2ccccc2)N(CCCOC)C3=O)cc1. The molecule has 0 radical (unpaired) electrons. The number of aromatic amines is 1. The number of carbonyl (C=O) groups is 1. The van der Waals surface area contributed by atoms with Crippen LogP contribution in [0.15, 0.2) is 54.6 Å². The van der Waals surface area contributed by atoms with E-state index < -0.39 is 0 Å². The van der Waals surface area contributed by atoms with Crippen LogP contribution < -0.4 is 4.74 Å². The Morgan fingerprint density at radius 1 is 1.10 bits per heavy atom. The lowest BCUT2D eigenvalue weighted by atomic mass is 9.96. The van der Waals surface area contributed by atoms with E-state index in [1.807, 2.05) is 54.3 Å². The first-order valence-corrected chi connectivity index (χ1v) is 9.91. The van der Waals surface area contributed by atoms with Crippen LogP contribution in [0, 0.1) is 0 Å². The molecule has 6 nitrogen and oxygen atoms in total. The number of nitrogens with one attached hydrogen (secondary N) is 1. The highest BCUT2D eigenvalue weighted by atomic mass is 16.5. The predicted octanol–water partition coefficient (Wildman–Crippen LogP) is 4.06. The molecule has 1 N–H and O–H groups in total. The predicted molar refractivity (Wildman–Crippen MR) is 111 cm³/mol. The monoisotopic (exact) mass is 391 g/mol. The van der Waals surface area contributed by atoms with E-state index in [1.54, 1.807) is 7.11 Å². The summed E-state index contributed by atoms with van der Waals surface area (Å²) in [6.07, 6.45) is 0.779. The fourth-order valence-corrected chi connectivity index (χ4v) is 3.88. The lowest BCUT2D eigenvalue weighted by Crippen LogP contribution is -2.31. The molecular weight excluding hydrogens is 366 g/mol. The van der Waals surface area contributed by atoms with Gasteiger partial charge in [-0.2, -0.15) is 5.10 Å². The van der Waals surface area contributed by atoms with E-state index in [9.17, 15) is 4.79 Å². The van der Waals surface area contributed by atoms with Gasteiger partial charge in [-0.25, -0.2) is 0 Å². The van der Waals surface area contributed by atoms with E-state index in [0.717, 1.165) is 34.6 Å². The van der Waals surface area contributed by atoms with Gasteiger partial charge in [-0.15, -0.1) is 0 Å². The molecule has 1 aliphatic rings. The van der Waals surface area contributed by atoms with Crippen LogP contribution in [0.1, 0.15) is 41.0 Å². The molecular formula is C23H25N3O3. The van der Waals surface area contributed by atoms with Crippen molar-refractivity contribution < 1.29 is 14.3 Å². The van der Waals surface area contributed by atoms with Crippen LogP contribution in [0.4, 0.5) is 0 Å². The van der Waals surface area contributed by atoms with Gasteiger partial charge in [-0.3, -0.25) is 9.89 Å². The minimum Gasteiger partial charge on any atom is -0.494 e. The standard InChI is InChI=1S/C23H25N3O3/c1-3-29-18-12-10-16(11-13-18)20-19-21(25-24-20)23(27)26(14-7-15-28-2)22(19)17-8-5-4-6-9-17/h4-6,8-13,22H,3,7,14-15H2,1-2H3,(H,24,25). The normalized spacial score (nSPS) is 15.6. The van der Waals surface area contributed by atoms with Crippen molar-refractivity contribution in [3.8, 4) is 17.0 Å². The third-order valence-corrected chi connectivity index (χ3v) is 5.17. The zero-order chi connectivity index (χ0) is 20.2. The van der Waals surface area contributed by atoms with E-state index in [4.69, 9.17) is 9.47 Å². The maximum atomic E-state index is 13.2. The number of fused-ring (bicyclic) bond motifs is 1. The van der Waals surface area contributed by atoms with Gasteiger partial charge in [0.05, 0.1) is 18.3 Å². The van der Waals surface area contributed by atoms with Gasteiger partial charge in [0.25, 0.3) is 5.91 Å². The molecule has 0 fully saturated rings. The Labute approximate surface area is 170 Å². The van der Waals surface area contributed by atoms with Crippen molar-refractivity contribution in [2.75, 3.05) is 26.9 Å². The van der Waals surface area contributed by atoms with Gasteiger partial charge in [0, 0.05) is 31.4 Å². The van der Waals surface area contributed by atoms with Crippen molar-refractivity contribution in [3.63, 3.8) is 0 Å². The molecule has 0 aliphatic carbocycles. The molecule has 1 atom stereocenters. The Bertz CT molecular complexity index is 967. The average Bonchev–Trinajstić information content (AvgIpc) is 3.29. The van der Waals surface area contributed by atoms with Crippen LogP contribution in [0.2, 0.25) is 0 Å². The first-order chi connectivity index (χ1) is 14.2. The van der Waals surface area contributed by atoms with Crippen LogP contribution in [-0.4, -0.2) is 47.9 Å². The van der Waals surface area contributed by atoms with Crippen LogP contribution in [0.25, 0.3) is 11.3 Å². The van der Waals surface area contributed by atoms with Crippen molar-refractivity contribution >= 4 is 5.91 Å². The zero-order valence-corrected chi connectivity index (χ0v) is 16.7. The van der Waals surface area contributed by atoms with Gasteiger partial charge in [0.15, 0.2) is 0 Å². The summed E-state index contributed by atoms with van der Waals surface area (Å²) in [7, 11) is 1.68. The molecule has 0 bridgehead atoms. The number of benzene rings is 2. The van der Waals surface area contributed by atoms with E-state index in [2.05, 4.69) is 22.3 Å². The Kier molecular flexibility index (Phi) is 5.62. The molecule has 1 unspecified atom stereocenters. The fraction of sp³-hybridized carbons (Fsp3) is 0.304. The van der Waals surface area contributed by atoms with Gasteiger partial charge >= 0.3 is 0 Å². The molecule has 1 amide bonds. The molecule has 29 heavy (non-hydrogen) atoms. The minimum absolute atomic E-state index is 0.0188. The van der Waals surface area contributed by atoms with Crippen LogP contribution >= 0.6 is 0 Å². The highest BCUT2D eigenvalue weighted by Crippen LogP contribution is 2.42. The lowest BCUT2D eigenvalue weighted by molar-refractivity contribution is 0.0723. The van der Waals surface area contributed by atoms with Crippen LogP contribution in [0.5, 0.6) is 5.75 Å².